The number of carbonyl (C=O) groups is 1. The van der Waals surface area contributed by atoms with Crippen LogP contribution in [0.25, 0.3) is 0 Å². The molecule has 8 heteroatoms. The van der Waals surface area contributed by atoms with Gasteiger partial charge in [0, 0.05) is 18.0 Å². The number of amides is 1. The van der Waals surface area contributed by atoms with Crippen molar-refractivity contribution in [3.63, 3.8) is 0 Å². The van der Waals surface area contributed by atoms with Crippen LogP contribution in [0.2, 0.25) is 5.02 Å². The second-order valence-corrected chi connectivity index (χ2v) is 9.23. The lowest BCUT2D eigenvalue weighted by atomic mass is 10.2. The van der Waals surface area contributed by atoms with Crippen LogP contribution in [0.3, 0.4) is 0 Å². The molecular formula is C21H27ClN2O4S. The number of hydrogen-bond donors (Lipinski definition) is 1. The van der Waals surface area contributed by atoms with Crippen LogP contribution in [0.5, 0.6) is 5.75 Å². The van der Waals surface area contributed by atoms with Crippen molar-refractivity contribution in [2.75, 3.05) is 23.7 Å². The van der Waals surface area contributed by atoms with Crippen molar-refractivity contribution in [3.05, 3.63) is 59.1 Å². The van der Waals surface area contributed by atoms with E-state index in [4.69, 9.17) is 16.3 Å². The molecule has 0 saturated heterocycles. The Balaban J connectivity index is 1.85. The van der Waals surface area contributed by atoms with E-state index < -0.39 is 10.0 Å². The second kappa shape index (κ2) is 10.5. The number of sulfonamides is 1. The summed E-state index contributed by atoms with van der Waals surface area (Å²) in [6, 6.07) is 14.4. The highest BCUT2D eigenvalue weighted by Crippen LogP contribution is 2.28. The van der Waals surface area contributed by atoms with Gasteiger partial charge in [0.25, 0.3) is 0 Å². The summed E-state index contributed by atoms with van der Waals surface area (Å²) in [7, 11) is -3.49. The molecule has 6 nitrogen and oxygen atoms in total. The molecule has 29 heavy (non-hydrogen) atoms. The number of para-hydroxylation sites is 1. The number of hydrogen-bond acceptors (Lipinski definition) is 4. The first-order valence-corrected chi connectivity index (χ1v) is 11.6. The van der Waals surface area contributed by atoms with Crippen molar-refractivity contribution < 1.29 is 17.9 Å². The summed E-state index contributed by atoms with van der Waals surface area (Å²) in [5.41, 5.74) is 1.22. The lowest BCUT2D eigenvalue weighted by Crippen LogP contribution is -2.37. The molecule has 1 amide bonds. The van der Waals surface area contributed by atoms with Crippen LogP contribution in [0, 0.1) is 6.92 Å². The summed E-state index contributed by atoms with van der Waals surface area (Å²) in [6.45, 7) is 4.19. The van der Waals surface area contributed by atoms with E-state index in [9.17, 15) is 13.2 Å². The minimum atomic E-state index is -3.49. The van der Waals surface area contributed by atoms with Crippen LogP contribution in [0.1, 0.15) is 25.3 Å². The van der Waals surface area contributed by atoms with Gasteiger partial charge in [-0.2, -0.15) is 0 Å². The van der Waals surface area contributed by atoms with Crippen molar-refractivity contribution in [1.29, 1.82) is 0 Å². The van der Waals surface area contributed by atoms with E-state index in [1.54, 1.807) is 25.1 Å². The highest BCUT2D eigenvalue weighted by Gasteiger charge is 2.20. The maximum atomic E-state index is 12.2. The molecule has 0 aromatic heterocycles. The average Bonchev–Trinajstić information content (AvgIpc) is 2.66. The number of benzene rings is 2. The van der Waals surface area contributed by atoms with Crippen LogP contribution >= 0.6 is 11.6 Å². The molecular weight excluding hydrogens is 412 g/mol. The van der Waals surface area contributed by atoms with Crippen molar-refractivity contribution >= 4 is 33.2 Å². The first-order chi connectivity index (χ1) is 13.7. The molecule has 0 heterocycles. The zero-order valence-corrected chi connectivity index (χ0v) is 18.5. The van der Waals surface area contributed by atoms with Gasteiger partial charge in [0.2, 0.25) is 15.9 Å². The standard InChI is InChI=1S/C21H27ClN2O4S/c1-16(15-28-18-9-5-4-6-10-18)23-21(25)13-8-14-24(29(3,26)27)20-12-7-11-19(22)17(20)2/h4-7,9-12,16H,8,13-15H2,1-3H3,(H,23,25)/t16-/m1/s1. The maximum absolute atomic E-state index is 12.2. The van der Waals surface area contributed by atoms with Gasteiger partial charge in [-0.15, -0.1) is 0 Å². The zero-order valence-electron chi connectivity index (χ0n) is 16.9. The van der Waals surface area contributed by atoms with Crippen molar-refractivity contribution in [3.8, 4) is 5.75 Å². The molecule has 0 unspecified atom stereocenters. The van der Waals surface area contributed by atoms with Gasteiger partial charge in [0.05, 0.1) is 18.0 Å². The monoisotopic (exact) mass is 438 g/mol. The summed E-state index contributed by atoms with van der Waals surface area (Å²) in [4.78, 5) is 12.2. The Hall–Kier alpha value is -2.25. The van der Waals surface area contributed by atoms with E-state index in [1.165, 1.54) is 4.31 Å². The topological polar surface area (TPSA) is 75.7 Å². The Bertz CT molecular complexity index is 920. The fraction of sp³-hybridized carbons (Fsp3) is 0.381. The molecule has 2 aromatic rings. The van der Waals surface area contributed by atoms with Crippen LogP contribution in [0.15, 0.2) is 48.5 Å². The Labute approximate surface area is 177 Å². The minimum Gasteiger partial charge on any atom is -0.491 e. The molecule has 1 N–H and O–H groups in total. The predicted octanol–water partition coefficient (Wildman–Crippen LogP) is 3.78. The van der Waals surface area contributed by atoms with Gasteiger partial charge in [-0.05, 0) is 50.1 Å². The van der Waals surface area contributed by atoms with Gasteiger partial charge in [-0.25, -0.2) is 8.42 Å². The molecule has 0 spiro atoms. The van der Waals surface area contributed by atoms with Gasteiger partial charge in [0.1, 0.15) is 12.4 Å². The lowest BCUT2D eigenvalue weighted by molar-refractivity contribution is -0.121. The van der Waals surface area contributed by atoms with Crippen LogP contribution in [-0.4, -0.2) is 39.8 Å². The molecule has 0 aliphatic heterocycles. The largest absolute Gasteiger partial charge is 0.491 e. The molecule has 0 aliphatic rings. The smallest absolute Gasteiger partial charge is 0.232 e. The fourth-order valence-electron chi connectivity index (χ4n) is 2.84. The Morgan fingerprint density at radius 3 is 2.52 bits per heavy atom. The van der Waals surface area contributed by atoms with E-state index in [2.05, 4.69) is 5.32 Å². The predicted molar refractivity (Wildman–Crippen MR) is 117 cm³/mol. The quantitative estimate of drug-likeness (QED) is 0.612. The first-order valence-electron chi connectivity index (χ1n) is 9.38. The third kappa shape index (κ3) is 7.25. The molecule has 2 aromatic carbocycles. The lowest BCUT2D eigenvalue weighted by Gasteiger charge is -2.24. The highest BCUT2D eigenvalue weighted by atomic mass is 35.5. The van der Waals surface area contributed by atoms with Crippen LogP contribution in [0.4, 0.5) is 5.69 Å². The maximum Gasteiger partial charge on any atom is 0.232 e. The van der Waals surface area contributed by atoms with Crippen molar-refractivity contribution in [1.82, 2.24) is 5.32 Å². The van der Waals surface area contributed by atoms with E-state index >= 15 is 0 Å². The number of rotatable bonds is 10. The van der Waals surface area contributed by atoms with E-state index in [1.807, 2.05) is 37.3 Å². The van der Waals surface area contributed by atoms with Gasteiger partial charge in [-0.3, -0.25) is 9.10 Å². The third-order valence-corrected chi connectivity index (χ3v) is 5.91. The molecule has 0 saturated carbocycles. The molecule has 158 valence electrons. The average molecular weight is 439 g/mol. The minimum absolute atomic E-state index is 0.148. The number of anilines is 1. The Morgan fingerprint density at radius 1 is 1.17 bits per heavy atom. The summed E-state index contributed by atoms with van der Waals surface area (Å²) < 4.78 is 31.4. The number of carbonyl (C=O) groups excluding carboxylic acids is 1. The first kappa shape index (κ1) is 23.0. The number of nitrogens with zero attached hydrogens (tertiary/aromatic N) is 1. The molecule has 0 radical (unpaired) electrons. The fourth-order valence-corrected chi connectivity index (χ4v) is 4.03. The van der Waals surface area contributed by atoms with E-state index in [0.717, 1.165) is 12.0 Å². The number of nitrogens with one attached hydrogen (secondary N) is 1. The van der Waals surface area contributed by atoms with Gasteiger partial charge < -0.3 is 10.1 Å². The second-order valence-electron chi connectivity index (χ2n) is 6.92. The van der Waals surface area contributed by atoms with Crippen LogP contribution < -0.4 is 14.4 Å². The summed E-state index contributed by atoms with van der Waals surface area (Å²) in [5.74, 6) is 0.597. The van der Waals surface area contributed by atoms with Gasteiger partial charge in [-0.1, -0.05) is 35.9 Å². The molecule has 0 fully saturated rings. The molecule has 2 rings (SSSR count). The Morgan fingerprint density at radius 2 is 1.86 bits per heavy atom. The van der Waals surface area contributed by atoms with Crippen LogP contribution in [-0.2, 0) is 14.8 Å². The van der Waals surface area contributed by atoms with Gasteiger partial charge in [0.15, 0.2) is 0 Å². The summed E-state index contributed by atoms with van der Waals surface area (Å²) in [6.07, 6.45) is 1.74. The molecule has 0 bridgehead atoms. The van der Waals surface area contributed by atoms with Crippen molar-refractivity contribution in [2.24, 2.45) is 0 Å². The highest BCUT2D eigenvalue weighted by molar-refractivity contribution is 7.92. The zero-order chi connectivity index (χ0) is 21.4. The molecule has 0 aliphatic carbocycles. The van der Waals surface area contributed by atoms with E-state index in [0.29, 0.717) is 29.3 Å². The SMILES string of the molecule is Cc1c(Cl)cccc1N(CCCC(=O)N[C@H](C)COc1ccccc1)S(C)(=O)=O. The van der Waals surface area contributed by atoms with E-state index in [-0.39, 0.29) is 24.9 Å². The summed E-state index contributed by atoms with van der Waals surface area (Å²) >= 11 is 6.13. The van der Waals surface area contributed by atoms with Gasteiger partial charge >= 0.3 is 0 Å². The third-order valence-electron chi connectivity index (χ3n) is 4.32. The van der Waals surface area contributed by atoms with Crippen molar-refractivity contribution in [2.45, 2.75) is 32.7 Å². The number of ether oxygens (including phenoxy) is 1. The number of halogens is 1. The molecule has 1 atom stereocenters. The normalized spacial score (nSPS) is 12.3. The Kier molecular flexibility index (Phi) is 8.34. The summed E-state index contributed by atoms with van der Waals surface area (Å²) in [5, 5.41) is 3.37.